The molecule has 0 heterocycles. The van der Waals surface area contributed by atoms with Crippen LogP contribution < -0.4 is 18.9 Å². The molecular weight excluding hydrogens is 656 g/mol. The van der Waals surface area contributed by atoms with Gasteiger partial charge in [-0.3, -0.25) is 0 Å². The van der Waals surface area contributed by atoms with Gasteiger partial charge < -0.3 is 28.4 Å². The molecule has 0 bridgehead atoms. The van der Waals surface area contributed by atoms with Crippen LogP contribution in [0.15, 0.2) is 157 Å². The zero-order valence-corrected chi connectivity index (χ0v) is 29.4. The molecule has 0 fully saturated rings. The van der Waals surface area contributed by atoms with Crippen LogP contribution in [0.3, 0.4) is 0 Å². The summed E-state index contributed by atoms with van der Waals surface area (Å²) in [6.07, 6.45) is 3.82. The first kappa shape index (κ1) is 37.0. The maximum Gasteiger partial charge on any atom is 0.336 e. The molecule has 5 aromatic carbocycles. The van der Waals surface area contributed by atoms with Crippen molar-refractivity contribution in [2.24, 2.45) is 0 Å². The first-order valence-electron chi connectivity index (χ1n) is 17.1. The zero-order chi connectivity index (χ0) is 36.4. The van der Waals surface area contributed by atoms with Crippen molar-refractivity contribution >= 4 is 11.9 Å². The van der Waals surface area contributed by atoms with E-state index in [-0.39, 0.29) is 13.2 Å². The first-order chi connectivity index (χ1) is 25.4. The topological polar surface area (TPSA) is 89.5 Å². The molecule has 52 heavy (non-hydrogen) atoms. The van der Waals surface area contributed by atoms with Gasteiger partial charge in [-0.1, -0.05) is 91.0 Å². The van der Waals surface area contributed by atoms with E-state index in [0.29, 0.717) is 60.2 Å². The summed E-state index contributed by atoms with van der Waals surface area (Å²) in [4.78, 5) is 24.8. The van der Waals surface area contributed by atoms with E-state index in [1.165, 1.54) is 12.5 Å². The Hall–Kier alpha value is -6.28. The minimum Gasteiger partial charge on any atom is -0.493 e. The molecule has 0 saturated carbocycles. The molecule has 0 atom stereocenters. The summed E-state index contributed by atoms with van der Waals surface area (Å²) >= 11 is 0. The van der Waals surface area contributed by atoms with Crippen LogP contribution in [0.1, 0.15) is 26.7 Å². The van der Waals surface area contributed by atoms with Gasteiger partial charge in [0.25, 0.3) is 0 Å². The third-order valence-corrected chi connectivity index (χ3v) is 7.66. The van der Waals surface area contributed by atoms with E-state index in [4.69, 9.17) is 28.4 Å². The van der Waals surface area contributed by atoms with Gasteiger partial charge in [0.1, 0.15) is 35.5 Å². The van der Waals surface area contributed by atoms with Crippen molar-refractivity contribution in [3.05, 3.63) is 157 Å². The minimum atomic E-state index is -0.454. The second-order valence-corrected chi connectivity index (χ2v) is 11.8. The van der Waals surface area contributed by atoms with Crippen LogP contribution in [0.25, 0.3) is 22.3 Å². The number of esters is 2. The molecule has 266 valence electrons. The average Bonchev–Trinajstić information content (AvgIpc) is 3.19. The highest BCUT2D eigenvalue weighted by Gasteiger charge is 2.09. The average molecular weight is 699 g/mol. The second-order valence-electron chi connectivity index (χ2n) is 11.8. The van der Waals surface area contributed by atoms with Gasteiger partial charge >= 0.3 is 11.9 Å². The molecular formula is C44H42O8. The van der Waals surface area contributed by atoms with E-state index in [1.54, 1.807) is 19.9 Å². The Morgan fingerprint density at radius 1 is 0.442 bits per heavy atom. The fraction of sp³-hybridized carbons (Fsp3) is 0.182. The molecule has 0 radical (unpaired) electrons. The lowest BCUT2D eigenvalue weighted by atomic mass is 10.1. The van der Waals surface area contributed by atoms with Gasteiger partial charge in [0.2, 0.25) is 0 Å². The molecule has 0 unspecified atom stereocenters. The normalized spacial score (nSPS) is 11.3. The maximum atomic E-state index is 12.4. The Morgan fingerprint density at radius 3 is 1.27 bits per heavy atom. The zero-order valence-electron chi connectivity index (χ0n) is 29.4. The Balaban J connectivity index is 0.943. The van der Waals surface area contributed by atoms with Crippen molar-refractivity contribution in [2.45, 2.75) is 26.7 Å². The number of hydrogen-bond donors (Lipinski definition) is 0. The number of rotatable bonds is 18. The molecule has 0 aliphatic carbocycles. The van der Waals surface area contributed by atoms with Crippen LogP contribution in [0.4, 0.5) is 0 Å². The van der Waals surface area contributed by atoms with Crippen LogP contribution in [0, 0.1) is 0 Å². The number of carbonyl (C=O) groups excluding carboxylic acids is 2. The lowest BCUT2D eigenvalue weighted by molar-refractivity contribution is -0.140. The monoisotopic (exact) mass is 698 g/mol. The fourth-order valence-corrected chi connectivity index (χ4v) is 4.88. The predicted octanol–water partition coefficient (Wildman–Crippen LogP) is 9.61. The van der Waals surface area contributed by atoms with Gasteiger partial charge in [0, 0.05) is 18.9 Å². The Bertz CT molecular complexity index is 1810. The van der Waals surface area contributed by atoms with Crippen LogP contribution in [0.2, 0.25) is 0 Å². The van der Waals surface area contributed by atoms with E-state index in [9.17, 15) is 9.59 Å². The number of carbonyl (C=O) groups is 2. The van der Waals surface area contributed by atoms with Gasteiger partial charge in [-0.2, -0.15) is 0 Å². The summed E-state index contributed by atoms with van der Waals surface area (Å²) in [5.41, 5.74) is 4.92. The SMILES string of the molecule is CC(=COc1cccc(-c2ccccc2)c1)C(=O)OCCCOc1cccc(OCCCOC(=O)C(C)=COc2cccc(-c3ccccc3)c2)c1. The molecule has 0 saturated heterocycles. The largest absolute Gasteiger partial charge is 0.493 e. The number of ether oxygens (including phenoxy) is 6. The molecule has 0 N–H and O–H groups in total. The summed E-state index contributed by atoms with van der Waals surface area (Å²) in [5.74, 6) is 1.61. The second kappa shape index (κ2) is 19.8. The highest BCUT2D eigenvalue weighted by atomic mass is 16.5. The summed E-state index contributed by atoms with van der Waals surface area (Å²) < 4.78 is 33.8. The molecule has 0 aromatic heterocycles. The Labute approximate surface area is 304 Å². The predicted molar refractivity (Wildman–Crippen MR) is 201 cm³/mol. The van der Waals surface area contributed by atoms with E-state index in [1.807, 2.05) is 127 Å². The summed E-state index contributed by atoms with van der Waals surface area (Å²) in [6.45, 7) is 4.41. The van der Waals surface area contributed by atoms with Crippen LogP contribution in [-0.2, 0) is 19.1 Å². The molecule has 0 amide bonds. The van der Waals surface area contributed by atoms with E-state index in [0.717, 1.165) is 22.3 Å². The van der Waals surface area contributed by atoms with E-state index in [2.05, 4.69) is 0 Å². The van der Waals surface area contributed by atoms with Crippen molar-refractivity contribution in [2.75, 3.05) is 26.4 Å². The highest BCUT2D eigenvalue weighted by molar-refractivity contribution is 5.88. The highest BCUT2D eigenvalue weighted by Crippen LogP contribution is 2.25. The van der Waals surface area contributed by atoms with Crippen molar-refractivity contribution in [1.82, 2.24) is 0 Å². The first-order valence-corrected chi connectivity index (χ1v) is 17.1. The molecule has 5 rings (SSSR count). The molecule has 8 nitrogen and oxygen atoms in total. The molecule has 0 aliphatic heterocycles. The molecule has 8 heteroatoms. The van der Waals surface area contributed by atoms with Crippen LogP contribution in [0.5, 0.6) is 23.0 Å². The van der Waals surface area contributed by atoms with Crippen molar-refractivity contribution in [3.63, 3.8) is 0 Å². The van der Waals surface area contributed by atoms with Gasteiger partial charge in [0.05, 0.1) is 37.6 Å². The van der Waals surface area contributed by atoms with Gasteiger partial charge in [-0.25, -0.2) is 9.59 Å². The molecule has 5 aromatic rings. The maximum absolute atomic E-state index is 12.4. The van der Waals surface area contributed by atoms with Crippen LogP contribution >= 0.6 is 0 Å². The standard InChI is InChI=1S/C44H42O8/c1-33(31-51-39-20-9-18-37(28-39)35-14-5-3-6-15-35)43(45)49-26-12-24-47-41-22-11-23-42(30-41)48-25-13-27-50-44(46)34(2)32-52-40-21-10-19-38(29-40)36-16-7-4-8-17-36/h3-11,14-23,28-32H,12-13,24-27H2,1-2H3. The lowest BCUT2D eigenvalue weighted by Gasteiger charge is -2.10. The summed E-state index contributed by atoms with van der Waals surface area (Å²) in [5, 5.41) is 0. The Morgan fingerprint density at radius 2 is 0.827 bits per heavy atom. The lowest BCUT2D eigenvalue weighted by Crippen LogP contribution is -2.11. The number of benzene rings is 5. The van der Waals surface area contributed by atoms with Gasteiger partial charge in [-0.15, -0.1) is 0 Å². The summed E-state index contributed by atoms with van der Waals surface area (Å²) in [7, 11) is 0. The van der Waals surface area contributed by atoms with E-state index < -0.39 is 11.9 Å². The summed E-state index contributed by atoms with van der Waals surface area (Å²) in [6, 6.07) is 42.6. The Kier molecular flexibility index (Phi) is 14.1. The quantitative estimate of drug-likeness (QED) is 0.0387. The van der Waals surface area contributed by atoms with E-state index >= 15 is 0 Å². The van der Waals surface area contributed by atoms with Gasteiger partial charge in [0.15, 0.2) is 0 Å². The molecule has 0 spiro atoms. The van der Waals surface area contributed by atoms with Crippen molar-refractivity contribution < 1.29 is 38.0 Å². The minimum absolute atomic E-state index is 0.199. The smallest absolute Gasteiger partial charge is 0.336 e. The van der Waals surface area contributed by atoms with Gasteiger partial charge in [-0.05, 0) is 72.5 Å². The van der Waals surface area contributed by atoms with Crippen LogP contribution in [-0.4, -0.2) is 38.4 Å². The molecule has 0 aliphatic rings. The van der Waals surface area contributed by atoms with Crippen molar-refractivity contribution in [1.29, 1.82) is 0 Å². The fourth-order valence-electron chi connectivity index (χ4n) is 4.88. The van der Waals surface area contributed by atoms with Crippen molar-refractivity contribution in [3.8, 4) is 45.3 Å². The third kappa shape index (κ3) is 11.9. The number of hydrogen-bond acceptors (Lipinski definition) is 8. The third-order valence-electron chi connectivity index (χ3n) is 7.66.